The molecule has 5 heteroatoms. The van der Waals surface area contributed by atoms with Crippen molar-refractivity contribution in [1.29, 1.82) is 0 Å². The first-order chi connectivity index (χ1) is 12.2. The standard InChI is InChI=1S/C20H18FNO3/c1-24-17-10-8-15(9-11-17)20(23)22(14-18-6-4-12-25-18)13-16-5-2-3-7-19(16)21/h2-12H,13-14H2,1H3. The van der Waals surface area contributed by atoms with Gasteiger partial charge in [0.05, 0.1) is 19.9 Å². The van der Waals surface area contributed by atoms with Gasteiger partial charge in [-0.3, -0.25) is 4.79 Å². The molecule has 1 aromatic heterocycles. The molecule has 0 fully saturated rings. The normalized spacial score (nSPS) is 10.5. The first kappa shape index (κ1) is 16.8. The van der Waals surface area contributed by atoms with E-state index < -0.39 is 0 Å². The van der Waals surface area contributed by atoms with E-state index >= 15 is 0 Å². The number of furan rings is 1. The van der Waals surface area contributed by atoms with Crippen molar-refractivity contribution in [2.45, 2.75) is 13.1 Å². The maximum Gasteiger partial charge on any atom is 0.254 e. The average molecular weight is 339 g/mol. The van der Waals surface area contributed by atoms with Crippen LogP contribution in [0.1, 0.15) is 21.7 Å². The Kier molecular flexibility index (Phi) is 5.14. The second-order valence-corrected chi connectivity index (χ2v) is 5.56. The molecule has 0 aliphatic carbocycles. The Morgan fingerprint density at radius 1 is 1.04 bits per heavy atom. The van der Waals surface area contributed by atoms with Gasteiger partial charge >= 0.3 is 0 Å². The summed E-state index contributed by atoms with van der Waals surface area (Å²) in [7, 11) is 1.57. The van der Waals surface area contributed by atoms with Crippen molar-refractivity contribution in [2.24, 2.45) is 0 Å². The lowest BCUT2D eigenvalue weighted by atomic mass is 10.1. The fourth-order valence-electron chi connectivity index (χ4n) is 2.54. The molecule has 1 heterocycles. The molecule has 1 amide bonds. The van der Waals surface area contributed by atoms with Crippen LogP contribution in [0.4, 0.5) is 4.39 Å². The van der Waals surface area contributed by atoms with Crippen molar-refractivity contribution in [3.8, 4) is 5.75 Å². The first-order valence-corrected chi connectivity index (χ1v) is 7.86. The minimum absolute atomic E-state index is 0.151. The molecule has 0 saturated carbocycles. The van der Waals surface area contributed by atoms with Gasteiger partial charge in [-0.1, -0.05) is 18.2 Å². The average Bonchev–Trinajstić information content (AvgIpc) is 3.15. The van der Waals surface area contributed by atoms with Gasteiger partial charge in [-0.2, -0.15) is 0 Å². The van der Waals surface area contributed by atoms with Crippen molar-refractivity contribution in [3.63, 3.8) is 0 Å². The lowest BCUT2D eigenvalue weighted by molar-refractivity contribution is 0.0716. The summed E-state index contributed by atoms with van der Waals surface area (Å²) in [6.45, 7) is 0.407. The van der Waals surface area contributed by atoms with Gasteiger partial charge in [0.1, 0.15) is 17.3 Å². The molecule has 4 nitrogen and oxygen atoms in total. The van der Waals surface area contributed by atoms with E-state index in [9.17, 15) is 9.18 Å². The highest BCUT2D eigenvalue weighted by Gasteiger charge is 2.19. The monoisotopic (exact) mass is 339 g/mol. The van der Waals surface area contributed by atoms with Crippen LogP contribution in [0, 0.1) is 5.82 Å². The van der Waals surface area contributed by atoms with Crippen LogP contribution < -0.4 is 4.74 Å². The lowest BCUT2D eigenvalue weighted by Crippen LogP contribution is -2.30. The number of hydrogen-bond acceptors (Lipinski definition) is 3. The quantitative estimate of drug-likeness (QED) is 0.673. The second-order valence-electron chi connectivity index (χ2n) is 5.56. The molecular weight excluding hydrogens is 321 g/mol. The fourth-order valence-corrected chi connectivity index (χ4v) is 2.54. The third-order valence-corrected chi connectivity index (χ3v) is 3.87. The summed E-state index contributed by atoms with van der Waals surface area (Å²) >= 11 is 0. The molecule has 25 heavy (non-hydrogen) atoms. The third-order valence-electron chi connectivity index (χ3n) is 3.87. The van der Waals surface area contributed by atoms with Gasteiger partial charge in [-0.15, -0.1) is 0 Å². The van der Waals surface area contributed by atoms with E-state index in [2.05, 4.69) is 0 Å². The van der Waals surface area contributed by atoms with E-state index in [0.717, 1.165) is 0 Å². The summed E-state index contributed by atoms with van der Waals surface area (Å²) in [5.74, 6) is 0.762. The second kappa shape index (κ2) is 7.66. The Bertz CT molecular complexity index is 828. The van der Waals surface area contributed by atoms with Crippen molar-refractivity contribution in [3.05, 3.63) is 89.6 Å². The molecule has 0 radical (unpaired) electrons. The molecule has 2 aromatic carbocycles. The number of benzene rings is 2. The van der Waals surface area contributed by atoms with Crippen LogP contribution in [-0.2, 0) is 13.1 Å². The molecule has 0 spiro atoms. The highest BCUT2D eigenvalue weighted by Crippen LogP contribution is 2.18. The molecule has 0 bridgehead atoms. The summed E-state index contributed by atoms with van der Waals surface area (Å²) in [4.78, 5) is 14.5. The van der Waals surface area contributed by atoms with Crippen LogP contribution >= 0.6 is 0 Å². The fraction of sp³-hybridized carbons (Fsp3) is 0.150. The van der Waals surface area contributed by atoms with Crippen LogP contribution in [0.15, 0.2) is 71.3 Å². The summed E-state index contributed by atoms with van der Waals surface area (Å²) < 4.78 is 24.5. The minimum Gasteiger partial charge on any atom is -0.497 e. The predicted molar refractivity (Wildman–Crippen MR) is 91.7 cm³/mol. The number of halogens is 1. The van der Waals surface area contributed by atoms with Gasteiger partial charge in [0.2, 0.25) is 0 Å². The molecule has 0 atom stereocenters. The predicted octanol–water partition coefficient (Wildman–Crippen LogP) is 4.27. The maximum atomic E-state index is 14.0. The number of rotatable bonds is 6. The Morgan fingerprint density at radius 2 is 1.80 bits per heavy atom. The molecule has 0 aliphatic heterocycles. The van der Waals surface area contributed by atoms with Crippen LogP contribution in [0.2, 0.25) is 0 Å². The lowest BCUT2D eigenvalue weighted by Gasteiger charge is -2.22. The van der Waals surface area contributed by atoms with Gasteiger partial charge in [0.25, 0.3) is 5.91 Å². The van der Waals surface area contributed by atoms with Crippen molar-refractivity contribution in [1.82, 2.24) is 4.90 Å². The molecule has 0 saturated heterocycles. The van der Waals surface area contributed by atoms with Gasteiger partial charge < -0.3 is 14.1 Å². The SMILES string of the molecule is COc1ccc(C(=O)N(Cc2ccco2)Cc2ccccc2F)cc1. The largest absolute Gasteiger partial charge is 0.497 e. The van der Waals surface area contributed by atoms with Gasteiger partial charge in [-0.25, -0.2) is 4.39 Å². The molecule has 0 unspecified atom stereocenters. The van der Waals surface area contributed by atoms with Crippen molar-refractivity contribution < 1.29 is 18.3 Å². The molecule has 0 aliphatic rings. The Hall–Kier alpha value is -3.08. The molecule has 3 rings (SSSR count). The summed E-state index contributed by atoms with van der Waals surface area (Å²) in [6.07, 6.45) is 1.55. The number of amides is 1. The Labute approximate surface area is 145 Å². The van der Waals surface area contributed by atoms with Crippen molar-refractivity contribution in [2.75, 3.05) is 7.11 Å². The van der Waals surface area contributed by atoms with Gasteiger partial charge in [0.15, 0.2) is 0 Å². The van der Waals surface area contributed by atoms with Crippen LogP contribution in [0.25, 0.3) is 0 Å². The number of carbonyl (C=O) groups excluding carboxylic acids is 1. The summed E-state index contributed by atoms with van der Waals surface area (Å²) in [5, 5.41) is 0. The third kappa shape index (κ3) is 4.07. The van der Waals surface area contributed by atoms with E-state index in [1.54, 1.807) is 72.9 Å². The smallest absolute Gasteiger partial charge is 0.254 e. The van der Waals surface area contributed by atoms with Crippen LogP contribution in [0.3, 0.4) is 0 Å². The van der Waals surface area contributed by atoms with E-state index in [1.165, 1.54) is 6.07 Å². The number of ether oxygens (including phenoxy) is 1. The van der Waals surface area contributed by atoms with Gasteiger partial charge in [0, 0.05) is 17.7 Å². The zero-order valence-corrected chi connectivity index (χ0v) is 13.8. The zero-order chi connectivity index (χ0) is 17.6. The van der Waals surface area contributed by atoms with E-state index in [1.807, 2.05) is 0 Å². The number of nitrogens with zero attached hydrogens (tertiary/aromatic N) is 1. The highest BCUT2D eigenvalue weighted by atomic mass is 19.1. The first-order valence-electron chi connectivity index (χ1n) is 7.86. The van der Waals surface area contributed by atoms with Crippen molar-refractivity contribution >= 4 is 5.91 Å². The van der Waals surface area contributed by atoms with Crippen LogP contribution in [0.5, 0.6) is 5.75 Å². The Morgan fingerprint density at radius 3 is 2.44 bits per heavy atom. The summed E-state index contributed by atoms with van der Waals surface area (Å²) in [6, 6.07) is 16.8. The molecule has 128 valence electrons. The maximum absolute atomic E-state index is 14.0. The van der Waals surface area contributed by atoms with Crippen LogP contribution in [-0.4, -0.2) is 17.9 Å². The van der Waals surface area contributed by atoms with E-state index in [0.29, 0.717) is 22.6 Å². The van der Waals surface area contributed by atoms with E-state index in [-0.39, 0.29) is 24.8 Å². The number of methoxy groups -OCH3 is 1. The zero-order valence-electron chi connectivity index (χ0n) is 13.8. The topological polar surface area (TPSA) is 42.7 Å². The highest BCUT2D eigenvalue weighted by molar-refractivity contribution is 5.94. The Balaban J connectivity index is 1.86. The van der Waals surface area contributed by atoms with Gasteiger partial charge in [-0.05, 0) is 42.5 Å². The number of carbonyl (C=O) groups is 1. The molecule has 0 N–H and O–H groups in total. The molecule has 3 aromatic rings. The minimum atomic E-state index is -0.338. The summed E-state index contributed by atoms with van der Waals surface area (Å²) in [5.41, 5.74) is 0.958. The number of hydrogen-bond donors (Lipinski definition) is 0. The van der Waals surface area contributed by atoms with E-state index in [4.69, 9.17) is 9.15 Å². The molecular formula is C20H18FNO3.